The lowest BCUT2D eigenvalue weighted by atomic mass is 9.76. The largest absolute Gasteiger partial charge is 0.377 e. The first kappa shape index (κ1) is 20.9. The molecule has 1 heterocycles. The van der Waals surface area contributed by atoms with Crippen LogP contribution in [0.5, 0.6) is 0 Å². The zero-order valence-electron chi connectivity index (χ0n) is 17.8. The molecule has 5 heteroatoms. The van der Waals surface area contributed by atoms with Gasteiger partial charge in [-0.05, 0) is 48.4 Å². The second-order valence-electron chi connectivity index (χ2n) is 9.10. The average Bonchev–Trinajstić information content (AvgIpc) is 3.30. The Morgan fingerprint density at radius 3 is 2.58 bits per heavy atom. The van der Waals surface area contributed by atoms with Crippen molar-refractivity contribution in [2.75, 3.05) is 12.4 Å². The number of anilines is 1. The van der Waals surface area contributed by atoms with Gasteiger partial charge in [0.2, 0.25) is 0 Å². The minimum atomic E-state index is 0.00707. The molecule has 5 rings (SSSR count). The normalized spacial score (nSPS) is 24.9. The van der Waals surface area contributed by atoms with Gasteiger partial charge in [0.05, 0.1) is 27.3 Å². The number of carbonyl (C=O) groups is 1. The van der Waals surface area contributed by atoms with E-state index in [4.69, 9.17) is 23.2 Å². The minimum absolute atomic E-state index is 0.00707. The van der Waals surface area contributed by atoms with Crippen LogP contribution in [0.2, 0.25) is 10.0 Å². The van der Waals surface area contributed by atoms with Crippen molar-refractivity contribution in [1.29, 1.82) is 0 Å². The van der Waals surface area contributed by atoms with Gasteiger partial charge in [0.15, 0.2) is 0 Å². The maximum atomic E-state index is 13.6. The van der Waals surface area contributed by atoms with Crippen LogP contribution in [0.15, 0.2) is 48.6 Å². The van der Waals surface area contributed by atoms with Crippen molar-refractivity contribution in [3.63, 3.8) is 0 Å². The molecule has 1 fully saturated rings. The van der Waals surface area contributed by atoms with Crippen LogP contribution in [0.4, 0.5) is 5.69 Å². The zero-order chi connectivity index (χ0) is 21.5. The van der Waals surface area contributed by atoms with E-state index < -0.39 is 0 Å². The lowest BCUT2D eigenvalue weighted by Crippen LogP contribution is -2.39. The molecule has 1 N–H and O–H groups in total. The quantitative estimate of drug-likeness (QED) is 0.496. The molecule has 1 aliphatic heterocycles. The van der Waals surface area contributed by atoms with Crippen LogP contribution in [0.25, 0.3) is 0 Å². The number of rotatable bonds is 3. The van der Waals surface area contributed by atoms with Crippen molar-refractivity contribution >= 4 is 34.8 Å². The van der Waals surface area contributed by atoms with E-state index in [1.807, 2.05) is 42.3 Å². The Hall–Kier alpha value is -1.97. The van der Waals surface area contributed by atoms with E-state index in [1.165, 1.54) is 24.8 Å². The first-order valence-electron chi connectivity index (χ1n) is 11.3. The molecule has 0 bridgehead atoms. The highest BCUT2D eigenvalue weighted by Crippen LogP contribution is 2.52. The molecule has 3 nitrogen and oxygen atoms in total. The Kier molecular flexibility index (Phi) is 5.75. The number of amides is 1. The first-order valence-corrected chi connectivity index (χ1v) is 12.1. The molecule has 1 saturated carbocycles. The summed E-state index contributed by atoms with van der Waals surface area (Å²) in [7, 11) is 1.96. The lowest BCUT2D eigenvalue weighted by molar-refractivity contribution is 0.0697. The third-order valence-electron chi connectivity index (χ3n) is 7.39. The predicted octanol–water partition coefficient (Wildman–Crippen LogP) is 7.22. The number of para-hydroxylation sites is 1. The molecule has 3 unspecified atom stereocenters. The van der Waals surface area contributed by atoms with Gasteiger partial charge >= 0.3 is 0 Å². The van der Waals surface area contributed by atoms with E-state index in [9.17, 15) is 4.79 Å². The van der Waals surface area contributed by atoms with Crippen LogP contribution in [0, 0.1) is 5.92 Å². The van der Waals surface area contributed by atoms with E-state index in [-0.39, 0.29) is 17.9 Å². The van der Waals surface area contributed by atoms with Crippen LogP contribution in [0.3, 0.4) is 0 Å². The van der Waals surface area contributed by atoms with Crippen LogP contribution < -0.4 is 5.32 Å². The topological polar surface area (TPSA) is 32.3 Å². The summed E-state index contributed by atoms with van der Waals surface area (Å²) in [5.41, 5.74) is 3.91. The fraction of sp³-hybridized carbons (Fsp3) is 0.423. The number of allylic oxidation sites excluding steroid dienone is 2. The molecular weight excluding hydrogens is 427 g/mol. The van der Waals surface area contributed by atoms with E-state index in [0.717, 1.165) is 36.1 Å². The number of nitrogens with one attached hydrogen (secondary N) is 1. The number of halogens is 2. The zero-order valence-corrected chi connectivity index (χ0v) is 19.3. The standard InChI is InChI=1S/C26H28Cl2N2O/c1-30(16-8-3-2-4-9-16)26(31)21-14-6-12-19-17-10-5-11-18(17)24(29-25(19)21)20-13-7-15-22(27)23(20)28/h5-7,10,12-18,24,29H,2-4,8-9,11H2,1H3. The van der Waals surface area contributed by atoms with Crippen LogP contribution in [0.1, 0.15) is 72.0 Å². The average molecular weight is 455 g/mol. The number of carbonyl (C=O) groups excluding carboxylic acids is 1. The molecule has 0 radical (unpaired) electrons. The van der Waals surface area contributed by atoms with E-state index in [2.05, 4.69) is 23.5 Å². The van der Waals surface area contributed by atoms with Crippen molar-refractivity contribution in [3.8, 4) is 0 Å². The van der Waals surface area contributed by atoms with Gasteiger partial charge in [0.1, 0.15) is 0 Å². The van der Waals surface area contributed by atoms with Gasteiger partial charge in [-0.15, -0.1) is 0 Å². The van der Waals surface area contributed by atoms with Gasteiger partial charge in [-0.2, -0.15) is 0 Å². The summed E-state index contributed by atoms with van der Waals surface area (Å²) < 4.78 is 0. The Balaban J connectivity index is 1.54. The minimum Gasteiger partial charge on any atom is -0.377 e. The van der Waals surface area contributed by atoms with Crippen LogP contribution in [-0.2, 0) is 0 Å². The Morgan fingerprint density at radius 2 is 1.77 bits per heavy atom. The van der Waals surface area contributed by atoms with Crippen molar-refractivity contribution in [2.24, 2.45) is 5.92 Å². The van der Waals surface area contributed by atoms with E-state index >= 15 is 0 Å². The summed E-state index contributed by atoms with van der Waals surface area (Å²) in [4.78, 5) is 15.6. The SMILES string of the molecule is CN(C(=O)c1cccc2c1NC(c1cccc(Cl)c1Cl)C1CC=CC21)C1CCCCC1. The summed E-state index contributed by atoms with van der Waals surface area (Å²) >= 11 is 13.0. The molecule has 1 amide bonds. The van der Waals surface area contributed by atoms with Crippen molar-refractivity contribution < 1.29 is 4.79 Å². The highest BCUT2D eigenvalue weighted by molar-refractivity contribution is 6.42. The summed E-state index contributed by atoms with van der Waals surface area (Å²) in [5.74, 6) is 0.724. The van der Waals surface area contributed by atoms with Gasteiger partial charge in [-0.3, -0.25) is 4.79 Å². The van der Waals surface area contributed by atoms with Crippen LogP contribution >= 0.6 is 23.2 Å². The maximum Gasteiger partial charge on any atom is 0.255 e. The molecular formula is C26H28Cl2N2O. The third kappa shape index (κ3) is 3.66. The third-order valence-corrected chi connectivity index (χ3v) is 8.22. The maximum absolute atomic E-state index is 13.6. The molecule has 31 heavy (non-hydrogen) atoms. The molecule has 3 atom stereocenters. The number of hydrogen-bond acceptors (Lipinski definition) is 2. The number of fused-ring (bicyclic) bond motifs is 3. The Bertz CT molecular complexity index is 1030. The fourth-order valence-corrected chi connectivity index (χ4v) is 6.12. The van der Waals surface area contributed by atoms with Gasteiger partial charge in [-0.1, -0.05) is 78.9 Å². The summed E-state index contributed by atoms with van der Waals surface area (Å²) in [6, 6.07) is 12.3. The molecule has 0 aromatic heterocycles. The molecule has 3 aliphatic rings. The molecule has 2 aromatic rings. The Morgan fingerprint density at radius 1 is 1.03 bits per heavy atom. The highest BCUT2D eigenvalue weighted by Gasteiger charge is 2.40. The van der Waals surface area contributed by atoms with Gasteiger partial charge in [-0.25, -0.2) is 0 Å². The monoisotopic (exact) mass is 454 g/mol. The summed E-state index contributed by atoms with van der Waals surface area (Å²) in [5, 5.41) is 4.89. The molecule has 2 aliphatic carbocycles. The van der Waals surface area contributed by atoms with Crippen molar-refractivity contribution in [1.82, 2.24) is 4.90 Å². The molecule has 162 valence electrons. The van der Waals surface area contributed by atoms with Gasteiger partial charge < -0.3 is 10.2 Å². The number of benzene rings is 2. The van der Waals surface area contributed by atoms with Gasteiger partial charge in [0, 0.05) is 19.0 Å². The highest BCUT2D eigenvalue weighted by atomic mass is 35.5. The van der Waals surface area contributed by atoms with E-state index in [1.54, 1.807) is 0 Å². The van der Waals surface area contributed by atoms with Gasteiger partial charge in [0.25, 0.3) is 5.91 Å². The summed E-state index contributed by atoms with van der Waals surface area (Å²) in [6.07, 6.45) is 11.4. The number of nitrogens with zero attached hydrogens (tertiary/aromatic N) is 1. The van der Waals surface area contributed by atoms with Crippen molar-refractivity contribution in [2.45, 2.75) is 56.5 Å². The molecule has 2 aromatic carbocycles. The van der Waals surface area contributed by atoms with Crippen LogP contribution in [-0.4, -0.2) is 23.9 Å². The fourth-order valence-electron chi connectivity index (χ4n) is 5.69. The Labute approximate surface area is 194 Å². The second-order valence-corrected chi connectivity index (χ2v) is 9.88. The molecule has 0 spiro atoms. The lowest BCUT2D eigenvalue weighted by Gasteiger charge is -2.39. The molecule has 0 saturated heterocycles. The van der Waals surface area contributed by atoms with Crippen molar-refractivity contribution in [3.05, 3.63) is 75.3 Å². The number of hydrogen-bond donors (Lipinski definition) is 1. The first-order chi connectivity index (χ1) is 15.1. The smallest absolute Gasteiger partial charge is 0.255 e. The summed E-state index contributed by atoms with van der Waals surface area (Å²) in [6.45, 7) is 0. The second kappa shape index (κ2) is 8.52. The predicted molar refractivity (Wildman–Crippen MR) is 128 cm³/mol. The van der Waals surface area contributed by atoms with E-state index in [0.29, 0.717) is 22.0 Å².